The molecule has 8 nitrogen and oxygen atoms in total. The number of esters is 1. The van der Waals surface area contributed by atoms with E-state index in [2.05, 4.69) is 4.84 Å². The third kappa shape index (κ3) is 6.11. The standard InChI is InChI=1S/C14H21NO7/c1-3-4-5-13(18)20-8-10(2)9-21-14(19)22-15-11(16)6-7-12(15)17/h10H,3-9H2,1-2H3. The number of carbonyl (C=O) groups excluding carboxylic acids is 4. The summed E-state index contributed by atoms with van der Waals surface area (Å²) < 4.78 is 9.79. The van der Waals surface area contributed by atoms with Crippen LogP contribution in [-0.4, -0.2) is 42.2 Å². The molecule has 0 aromatic carbocycles. The SMILES string of the molecule is CCCCC(=O)OCC(C)COC(=O)ON1C(=O)CCC1=O. The molecular formula is C14H21NO7. The lowest BCUT2D eigenvalue weighted by Crippen LogP contribution is -2.33. The van der Waals surface area contributed by atoms with Crippen LogP contribution in [0.15, 0.2) is 0 Å². The molecule has 1 rings (SSSR count). The molecule has 1 heterocycles. The second-order valence-electron chi connectivity index (χ2n) is 5.13. The van der Waals surface area contributed by atoms with Crippen molar-refractivity contribution in [1.29, 1.82) is 0 Å². The Morgan fingerprint density at radius 1 is 1.14 bits per heavy atom. The summed E-state index contributed by atoms with van der Waals surface area (Å²) in [5, 5.41) is 0.414. The van der Waals surface area contributed by atoms with E-state index in [1.165, 1.54) is 0 Å². The Labute approximate surface area is 128 Å². The summed E-state index contributed by atoms with van der Waals surface area (Å²) in [6.45, 7) is 3.78. The van der Waals surface area contributed by atoms with Gasteiger partial charge in [-0.25, -0.2) is 4.79 Å². The van der Waals surface area contributed by atoms with Crippen LogP contribution >= 0.6 is 0 Å². The zero-order chi connectivity index (χ0) is 16.5. The van der Waals surface area contributed by atoms with E-state index in [1.807, 2.05) is 6.92 Å². The van der Waals surface area contributed by atoms with Crippen LogP contribution in [0.1, 0.15) is 46.0 Å². The summed E-state index contributed by atoms with van der Waals surface area (Å²) >= 11 is 0. The molecule has 0 aliphatic carbocycles. The fourth-order valence-corrected chi connectivity index (χ4v) is 1.65. The number of carbonyl (C=O) groups is 4. The molecule has 0 aromatic rings. The molecule has 0 radical (unpaired) electrons. The molecule has 22 heavy (non-hydrogen) atoms. The van der Waals surface area contributed by atoms with Gasteiger partial charge < -0.3 is 9.47 Å². The van der Waals surface area contributed by atoms with Crippen LogP contribution in [0.2, 0.25) is 0 Å². The van der Waals surface area contributed by atoms with E-state index in [1.54, 1.807) is 6.92 Å². The van der Waals surface area contributed by atoms with E-state index < -0.39 is 18.0 Å². The summed E-state index contributed by atoms with van der Waals surface area (Å²) in [5.41, 5.74) is 0. The molecule has 1 aliphatic heterocycles. The van der Waals surface area contributed by atoms with E-state index in [0.29, 0.717) is 11.5 Å². The number of unbranched alkanes of at least 4 members (excludes halogenated alkanes) is 1. The van der Waals surface area contributed by atoms with E-state index in [-0.39, 0.29) is 37.9 Å². The maximum absolute atomic E-state index is 11.4. The molecule has 1 unspecified atom stereocenters. The summed E-state index contributed by atoms with van der Waals surface area (Å²) in [6.07, 6.45) is 0.965. The normalized spacial score (nSPS) is 15.6. The van der Waals surface area contributed by atoms with Gasteiger partial charge in [0.1, 0.15) is 6.61 Å². The highest BCUT2D eigenvalue weighted by molar-refractivity contribution is 6.01. The quantitative estimate of drug-likeness (QED) is 0.495. The number of hydroxylamine groups is 2. The van der Waals surface area contributed by atoms with Crippen LogP contribution in [0.25, 0.3) is 0 Å². The highest BCUT2D eigenvalue weighted by atomic mass is 16.8. The molecule has 0 spiro atoms. The molecule has 1 aliphatic rings. The maximum atomic E-state index is 11.4. The largest absolute Gasteiger partial charge is 0.533 e. The van der Waals surface area contributed by atoms with Crippen molar-refractivity contribution in [2.45, 2.75) is 46.0 Å². The fraction of sp³-hybridized carbons (Fsp3) is 0.714. The molecule has 2 amide bonds. The van der Waals surface area contributed by atoms with Crippen LogP contribution < -0.4 is 0 Å². The third-order valence-electron chi connectivity index (χ3n) is 2.92. The fourth-order valence-electron chi connectivity index (χ4n) is 1.65. The third-order valence-corrected chi connectivity index (χ3v) is 2.92. The minimum atomic E-state index is -1.13. The minimum absolute atomic E-state index is 0.0240. The maximum Gasteiger partial charge on any atom is 0.533 e. The molecule has 1 fully saturated rings. The number of nitrogens with zero attached hydrogens (tertiary/aromatic N) is 1. The zero-order valence-corrected chi connectivity index (χ0v) is 12.8. The molecule has 1 saturated heterocycles. The Hall–Kier alpha value is -2.12. The Bertz CT molecular complexity index is 419. The zero-order valence-electron chi connectivity index (χ0n) is 12.8. The van der Waals surface area contributed by atoms with Crippen molar-refractivity contribution in [2.24, 2.45) is 5.92 Å². The topological polar surface area (TPSA) is 99.2 Å². The first-order valence-electron chi connectivity index (χ1n) is 7.30. The molecule has 0 N–H and O–H groups in total. The van der Waals surface area contributed by atoms with E-state index in [4.69, 9.17) is 9.47 Å². The average Bonchev–Trinajstić information content (AvgIpc) is 2.80. The van der Waals surface area contributed by atoms with Gasteiger partial charge in [-0.05, 0) is 6.42 Å². The van der Waals surface area contributed by atoms with Crippen LogP contribution in [0.4, 0.5) is 4.79 Å². The lowest BCUT2D eigenvalue weighted by molar-refractivity contribution is -0.177. The Kier molecular flexibility index (Phi) is 7.34. The van der Waals surface area contributed by atoms with Crippen molar-refractivity contribution in [1.82, 2.24) is 5.06 Å². The predicted molar refractivity (Wildman–Crippen MR) is 73.2 cm³/mol. The van der Waals surface area contributed by atoms with Gasteiger partial charge in [0.25, 0.3) is 11.8 Å². The molecule has 1 atom stereocenters. The highest BCUT2D eigenvalue weighted by Gasteiger charge is 2.33. The van der Waals surface area contributed by atoms with Crippen LogP contribution in [-0.2, 0) is 28.7 Å². The van der Waals surface area contributed by atoms with Crippen molar-refractivity contribution in [2.75, 3.05) is 13.2 Å². The van der Waals surface area contributed by atoms with Gasteiger partial charge in [0.15, 0.2) is 0 Å². The predicted octanol–water partition coefficient (Wildman–Crippen LogP) is 1.57. The van der Waals surface area contributed by atoms with Gasteiger partial charge in [-0.1, -0.05) is 25.3 Å². The number of ether oxygens (including phenoxy) is 2. The van der Waals surface area contributed by atoms with Gasteiger partial charge in [0.2, 0.25) is 0 Å². The Balaban J connectivity index is 2.19. The van der Waals surface area contributed by atoms with E-state index in [9.17, 15) is 19.2 Å². The first kappa shape index (κ1) is 17.9. The smallest absolute Gasteiger partial charge is 0.465 e. The number of hydrogen-bond donors (Lipinski definition) is 0. The van der Waals surface area contributed by atoms with Gasteiger partial charge in [-0.2, -0.15) is 0 Å². The van der Waals surface area contributed by atoms with Crippen molar-refractivity contribution < 1.29 is 33.5 Å². The lowest BCUT2D eigenvalue weighted by atomic mass is 10.2. The van der Waals surface area contributed by atoms with Crippen LogP contribution in [0.3, 0.4) is 0 Å². The molecular weight excluding hydrogens is 294 g/mol. The highest BCUT2D eigenvalue weighted by Crippen LogP contribution is 2.12. The van der Waals surface area contributed by atoms with Gasteiger partial charge >= 0.3 is 12.1 Å². The van der Waals surface area contributed by atoms with Gasteiger partial charge in [0, 0.05) is 25.2 Å². The summed E-state index contributed by atoms with van der Waals surface area (Å²) in [5.74, 6) is -1.65. The van der Waals surface area contributed by atoms with E-state index in [0.717, 1.165) is 12.8 Å². The van der Waals surface area contributed by atoms with Crippen molar-refractivity contribution in [3.8, 4) is 0 Å². The number of imide groups is 1. The molecule has 0 aromatic heterocycles. The number of rotatable bonds is 8. The van der Waals surface area contributed by atoms with Crippen molar-refractivity contribution in [3.63, 3.8) is 0 Å². The minimum Gasteiger partial charge on any atom is -0.465 e. The number of hydrogen-bond acceptors (Lipinski definition) is 7. The van der Waals surface area contributed by atoms with Gasteiger partial charge in [-0.15, -0.1) is 0 Å². The molecule has 0 saturated carbocycles. The first-order valence-corrected chi connectivity index (χ1v) is 7.30. The van der Waals surface area contributed by atoms with E-state index >= 15 is 0 Å². The van der Waals surface area contributed by atoms with Crippen LogP contribution in [0, 0.1) is 5.92 Å². The summed E-state index contributed by atoms with van der Waals surface area (Å²) in [6, 6.07) is 0. The monoisotopic (exact) mass is 315 g/mol. The second-order valence-corrected chi connectivity index (χ2v) is 5.13. The van der Waals surface area contributed by atoms with Crippen molar-refractivity contribution >= 4 is 23.9 Å². The number of amides is 2. The van der Waals surface area contributed by atoms with Crippen LogP contribution in [0.5, 0.6) is 0 Å². The van der Waals surface area contributed by atoms with Gasteiger partial charge in [-0.3, -0.25) is 19.2 Å². The summed E-state index contributed by atoms with van der Waals surface area (Å²) in [4.78, 5) is 49.7. The van der Waals surface area contributed by atoms with Gasteiger partial charge in [0.05, 0.1) is 6.61 Å². The average molecular weight is 315 g/mol. The Morgan fingerprint density at radius 3 is 2.32 bits per heavy atom. The van der Waals surface area contributed by atoms with Crippen molar-refractivity contribution in [3.05, 3.63) is 0 Å². The first-order chi connectivity index (χ1) is 10.4. The molecule has 8 heteroatoms. The molecule has 124 valence electrons. The Morgan fingerprint density at radius 2 is 1.73 bits per heavy atom. The lowest BCUT2D eigenvalue weighted by Gasteiger charge is -2.15. The summed E-state index contributed by atoms with van der Waals surface area (Å²) in [7, 11) is 0. The molecule has 0 bridgehead atoms. The second kappa shape index (κ2) is 9.01.